The molecular formula is C15H18N2O3. The Kier molecular flexibility index (Phi) is 4.17. The maximum Gasteiger partial charge on any atom is 0.255 e. The van der Waals surface area contributed by atoms with Gasteiger partial charge in [0.1, 0.15) is 6.04 Å². The van der Waals surface area contributed by atoms with Crippen molar-refractivity contribution in [3.8, 4) is 0 Å². The summed E-state index contributed by atoms with van der Waals surface area (Å²) in [7, 11) is 0. The molecule has 2 rings (SSSR count). The lowest BCUT2D eigenvalue weighted by Crippen LogP contribution is -2.46. The highest BCUT2D eigenvalue weighted by Gasteiger charge is 2.36. The number of carbonyl (C=O) groups is 3. The van der Waals surface area contributed by atoms with Crippen molar-refractivity contribution in [3.05, 3.63) is 34.9 Å². The number of benzene rings is 1. The second-order valence-electron chi connectivity index (χ2n) is 4.96. The van der Waals surface area contributed by atoms with Gasteiger partial charge in [-0.15, -0.1) is 0 Å². The monoisotopic (exact) mass is 274 g/mol. The molecular weight excluding hydrogens is 256 g/mol. The summed E-state index contributed by atoms with van der Waals surface area (Å²) in [5.41, 5.74) is 2.67. The van der Waals surface area contributed by atoms with E-state index in [0.717, 1.165) is 17.5 Å². The van der Waals surface area contributed by atoms with E-state index in [1.54, 1.807) is 11.0 Å². The van der Waals surface area contributed by atoms with Crippen LogP contribution >= 0.6 is 0 Å². The second kappa shape index (κ2) is 5.86. The lowest BCUT2D eigenvalue weighted by Gasteiger charge is -2.25. The van der Waals surface area contributed by atoms with Crippen molar-refractivity contribution in [1.82, 2.24) is 10.2 Å². The van der Waals surface area contributed by atoms with Gasteiger partial charge in [-0.3, -0.25) is 19.7 Å². The van der Waals surface area contributed by atoms with Gasteiger partial charge in [-0.1, -0.05) is 25.5 Å². The zero-order chi connectivity index (χ0) is 14.7. The van der Waals surface area contributed by atoms with Gasteiger partial charge >= 0.3 is 0 Å². The summed E-state index contributed by atoms with van der Waals surface area (Å²) in [5, 5.41) is 2.16. The molecule has 0 fully saturated rings. The van der Waals surface area contributed by atoms with Gasteiger partial charge in [-0.05, 0) is 30.5 Å². The van der Waals surface area contributed by atoms with E-state index in [2.05, 4.69) is 5.32 Å². The van der Waals surface area contributed by atoms with Gasteiger partial charge in [0.05, 0.1) is 0 Å². The quantitative estimate of drug-likeness (QED) is 0.825. The second-order valence-corrected chi connectivity index (χ2v) is 4.96. The topological polar surface area (TPSA) is 66.5 Å². The van der Waals surface area contributed by atoms with Crippen LogP contribution in [-0.4, -0.2) is 29.2 Å². The summed E-state index contributed by atoms with van der Waals surface area (Å²) in [6.45, 7) is 4.33. The summed E-state index contributed by atoms with van der Waals surface area (Å²) in [4.78, 5) is 36.4. The van der Waals surface area contributed by atoms with Crippen molar-refractivity contribution in [2.45, 2.75) is 39.3 Å². The summed E-state index contributed by atoms with van der Waals surface area (Å²) in [5.74, 6) is -0.552. The Balaban J connectivity index is 2.29. The molecule has 0 saturated heterocycles. The van der Waals surface area contributed by atoms with E-state index in [4.69, 9.17) is 0 Å². The highest BCUT2D eigenvalue weighted by Crippen LogP contribution is 2.28. The van der Waals surface area contributed by atoms with Crippen LogP contribution in [0.1, 0.15) is 41.3 Å². The molecule has 1 aliphatic rings. The Hall–Kier alpha value is -2.17. The highest BCUT2D eigenvalue weighted by molar-refractivity contribution is 6.02. The Morgan fingerprint density at radius 1 is 1.50 bits per heavy atom. The van der Waals surface area contributed by atoms with Crippen LogP contribution in [0.3, 0.4) is 0 Å². The lowest BCUT2D eigenvalue weighted by molar-refractivity contribution is -0.129. The molecule has 1 atom stereocenters. The van der Waals surface area contributed by atoms with E-state index in [9.17, 15) is 14.4 Å². The summed E-state index contributed by atoms with van der Waals surface area (Å²) >= 11 is 0. The number of rotatable bonds is 5. The molecule has 3 amide bonds. The largest absolute Gasteiger partial charge is 0.322 e. The van der Waals surface area contributed by atoms with Crippen LogP contribution in [0.25, 0.3) is 0 Å². The molecule has 1 N–H and O–H groups in total. The molecule has 20 heavy (non-hydrogen) atoms. The standard InChI is InChI=1S/C15H18N2O3/c1-3-5-13(14(19)16-9-18)17-8-12-10(2)6-4-7-11(12)15(17)20/h4,6-7,9,13H,3,5,8H2,1-2H3,(H,16,18,19). The molecule has 0 aromatic heterocycles. The fourth-order valence-corrected chi connectivity index (χ4v) is 2.62. The molecule has 5 heteroatoms. The van der Waals surface area contributed by atoms with Crippen molar-refractivity contribution in [3.63, 3.8) is 0 Å². The van der Waals surface area contributed by atoms with Gasteiger partial charge in [0, 0.05) is 12.1 Å². The molecule has 0 saturated carbocycles. The van der Waals surface area contributed by atoms with Gasteiger partial charge in [0.15, 0.2) is 0 Å². The van der Waals surface area contributed by atoms with Crippen LogP contribution in [0.5, 0.6) is 0 Å². The van der Waals surface area contributed by atoms with Crippen LogP contribution in [0.4, 0.5) is 0 Å². The van der Waals surface area contributed by atoms with Crippen molar-refractivity contribution in [2.24, 2.45) is 0 Å². The van der Waals surface area contributed by atoms with E-state index in [0.29, 0.717) is 24.9 Å². The first-order valence-corrected chi connectivity index (χ1v) is 6.73. The molecule has 1 aromatic carbocycles. The number of imide groups is 1. The summed E-state index contributed by atoms with van der Waals surface area (Å²) in [6.07, 6.45) is 1.67. The molecule has 1 unspecified atom stereocenters. The normalized spacial score (nSPS) is 14.9. The maximum absolute atomic E-state index is 12.4. The van der Waals surface area contributed by atoms with Gasteiger partial charge in [0.25, 0.3) is 5.91 Å². The van der Waals surface area contributed by atoms with Gasteiger partial charge < -0.3 is 4.90 Å². The fourth-order valence-electron chi connectivity index (χ4n) is 2.62. The minimum atomic E-state index is -0.593. The Morgan fingerprint density at radius 2 is 2.25 bits per heavy atom. The van der Waals surface area contributed by atoms with Crippen LogP contribution < -0.4 is 5.32 Å². The van der Waals surface area contributed by atoms with Gasteiger partial charge in [0.2, 0.25) is 12.3 Å². The molecule has 106 valence electrons. The first-order chi connectivity index (χ1) is 9.60. The number of nitrogens with zero attached hydrogens (tertiary/aromatic N) is 1. The van der Waals surface area contributed by atoms with Gasteiger partial charge in [-0.25, -0.2) is 0 Å². The van der Waals surface area contributed by atoms with Crippen molar-refractivity contribution in [1.29, 1.82) is 0 Å². The Bertz CT molecular complexity index is 554. The van der Waals surface area contributed by atoms with Crippen LogP contribution in [0.2, 0.25) is 0 Å². The minimum absolute atomic E-state index is 0.136. The maximum atomic E-state index is 12.4. The van der Waals surface area contributed by atoms with Crippen molar-refractivity contribution < 1.29 is 14.4 Å². The highest BCUT2D eigenvalue weighted by atomic mass is 16.2. The molecule has 1 aromatic rings. The summed E-state index contributed by atoms with van der Waals surface area (Å²) in [6, 6.07) is 4.99. The van der Waals surface area contributed by atoms with E-state index in [1.807, 2.05) is 26.0 Å². The van der Waals surface area contributed by atoms with Crippen molar-refractivity contribution >= 4 is 18.2 Å². The van der Waals surface area contributed by atoms with Crippen LogP contribution in [0.15, 0.2) is 18.2 Å². The SMILES string of the molecule is CCCC(C(=O)NC=O)N1Cc2c(C)cccc2C1=O. The molecule has 1 heterocycles. The van der Waals surface area contributed by atoms with E-state index < -0.39 is 11.9 Å². The average molecular weight is 274 g/mol. The fraction of sp³-hybridized carbons (Fsp3) is 0.400. The average Bonchev–Trinajstić information content (AvgIpc) is 2.75. The lowest BCUT2D eigenvalue weighted by atomic mass is 10.1. The number of aryl methyl sites for hydroxylation is 1. The molecule has 0 bridgehead atoms. The molecule has 1 aliphatic heterocycles. The van der Waals surface area contributed by atoms with E-state index in [-0.39, 0.29) is 5.91 Å². The molecule has 0 radical (unpaired) electrons. The predicted octanol–water partition coefficient (Wildman–Crippen LogP) is 1.39. The number of fused-ring (bicyclic) bond motifs is 1. The molecule has 0 spiro atoms. The minimum Gasteiger partial charge on any atom is -0.322 e. The summed E-state index contributed by atoms with van der Waals surface area (Å²) < 4.78 is 0. The Morgan fingerprint density at radius 3 is 2.85 bits per heavy atom. The first-order valence-electron chi connectivity index (χ1n) is 6.73. The third-order valence-electron chi connectivity index (χ3n) is 3.67. The van der Waals surface area contributed by atoms with Crippen LogP contribution in [-0.2, 0) is 16.1 Å². The third kappa shape index (κ3) is 2.43. The van der Waals surface area contributed by atoms with E-state index >= 15 is 0 Å². The Labute approximate surface area is 118 Å². The number of carbonyl (C=O) groups excluding carboxylic acids is 3. The molecule has 5 nitrogen and oxygen atoms in total. The zero-order valence-electron chi connectivity index (χ0n) is 11.7. The van der Waals surface area contributed by atoms with E-state index in [1.165, 1.54) is 0 Å². The molecule has 0 aliphatic carbocycles. The third-order valence-corrected chi connectivity index (χ3v) is 3.67. The number of nitrogens with one attached hydrogen (secondary N) is 1. The predicted molar refractivity (Wildman–Crippen MR) is 74.0 cm³/mol. The first kappa shape index (κ1) is 14.2. The number of amides is 3. The van der Waals surface area contributed by atoms with Gasteiger partial charge in [-0.2, -0.15) is 0 Å². The van der Waals surface area contributed by atoms with Crippen molar-refractivity contribution in [2.75, 3.05) is 0 Å². The number of hydrogen-bond donors (Lipinski definition) is 1. The smallest absolute Gasteiger partial charge is 0.255 e. The number of hydrogen-bond acceptors (Lipinski definition) is 3. The van der Waals surface area contributed by atoms with Crippen LogP contribution in [0, 0.1) is 6.92 Å². The zero-order valence-corrected chi connectivity index (χ0v) is 11.7.